The summed E-state index contributed by atoms with van der Waals surface area (Å²) >= 11 is 6.95. The fraction of sp³-hybridized carbons (Fsp3) is 0.185. The molecule has 0 bridgehead atoms. The van der Waals surface area contributed by atoms with Crippen LogP contribution in [-0.4, -0.2) is 22.7 Å². The molecule has 0 atom stereocenters. The number of hydrogen-bond acceptors (Lipinski definition) is 5. The van der Waals surface area contributed by atoms with E-state index in [0.29, 0.717) is 34.6 Å². The van der Waals surface area contributed by atoms with E-state index >= 15 is 0 Å². The maximum Gasteiger partial charge on any atom is 0.293 e. The first-order valence-electron chi connectivity index (χ1n) is 10.9. The number of halogens is 1. The number of thioether (sulfide) groups is 1. The number of imide groups is 1. The molecule has 4 rings (SSSR count). The maximum absolute atomic E-state index is 12.9. The van der Waals surface area contributed by atoms with Crippen molar-refractivity contribution in [1.82, 2.24) is 4.90 Å². The molecule has 0 aromatic heterocycles. The summed E-state index contributed by atoms with van der Waals surface area (Å²) in [6.07, 6.45) is 1.70. The lowest BCUT2D eigenvalue weighted by Gasteiger charge is -2.13. The van der Waals surface area contributed by atoms with Crippen LogP contribution in [0.3, 0.4) is 0 Å². The van der Waals surface area contributed by atoms with Crippen molar-refractivity contribution in [3.63, 3.8) is 0 Å². The van der Waals surface area contributed by atoms with Crippen molar-refractivity contribution in [3.05, 3.63) is 98.9 Å². The first-order valence-corrected chi connectivity index (χ1v) is 12.1. The maximum atomic E-state index is 12.9. The van der Waals surface area contributed by atoms with Crippen LogP contribution in [-0.2, 0) is 17.9 Å². The Bertz CT molecular complexity index is 1240. The Labute approximate surface area is 208 Å². The van der Waals surface area contributed by atoms with E-state index in [4.69, 9.17) is 21.1 Å². The molecule has 34 heavy (non-hydrogen) atoms. The molecular weight excluding hydrogens is 470 g/mol. The molecule has 7 heteroatoms. The zero-order valence-corrected chi connectivity index (χ0v) is 20.5. The van der Waals surface area contributed by atoms with Crippen LogP contribution >= 0.6 is 23.4 Å². The number of carbonyl (C=O) groups is 2. The van der Waals surface area contributed by atoms with Crippen molar-refractivity contribution in [2.45, 2.75) is 27.0 Å². The summed E-state index contributed by atoms with van der Waals surface area (Å²) in [6, 6.07) is 20.8. The second-order valence-electron chi connectivity index (χ2n) is 7.81. The highest BCUT2D eigenvalue weighted by atomic mass is 35.5. The number of ether oxygens (including phenoxy) is 2. The van der Waals surface area contributed by atoms with E-state index in [1.54, 1.807) is 24.3 Å². The number of amides is 2. The first kappa shape index (κ1) is 23.9. The van der Waals surface area contributed by atoms with E-state index in [-0.39, 0.29) is 17.7 Å². The lowest BCUT2D eigenvalue weighted by atomic mass is 10.1. The molecular formula is C27H24ClNO4S. The fourth-order valence-electron chi connectivity index (χ4n) is 3.45. The monoisotopic (exact) mass is 493 g/mol. The molecule has 5 nitrogen and oxygen atoms in total. The van der Waals surface area contributed by atoms with Crippen molar-refractivity contribution in [2.24, 2.45) is 0 Å². The van der Waals surface area contributed by atoms with Gasteiger partial charge >= 0.3 is 0 Å². The van der Waals surface area contributed by atoms with Crippen molar-refractivity contribution < 1.29 is 19.1 Å². The number of nitrogens with zero attached hydrogens (tertiary/aromatic N) is 1. The molecule has 0 saturated carbocycles. The largest absolute Gasteiger partial charge is 0.490 e. The second kappa shape index (κ2) is 10.8. The minimum atomic E-state index is -0.326. The van der Waals surface area contributed by atoms with E-state index in [1.807, 2.05) is 62.4 Å². The van der Waals surface area contributed by atoms with Gasteiger partial charge < -0.3 is 9.47 Å². The first-order chi connectivity index (χ1) is 16.4. The summed E-state index contributed by atoms with van der Waals surface area (Å²) < 4.78 is 11.8. The number of benzene rings is 3. The Balaban J connectivity index is 1.50. The summed E-state index contributed by atoms with van der Waals surface area (Å²) in [5, 5.41) is 0.257. The predicted octanol–water partition coefficient (Wildman–Crippen LogP) is 6.86. The molecule has 1 aliphatic heterocycles. The lowest BCUT2D eigenvalue weighted by Crippen LogP contribution is -2.27. The Kier molecular flexibility index (Phi) is 7.60. The van der Waals surface area contributed by atoms with Gasteiger partial charge in [0.15, 0.2) is 11.5 Å². The van der Waals surface area contributed by atoms with Crippen LogP contribution in [0.4, 0.5) is 4.79 Å². The summed E-state index contributed by atoms with van der Waals surface area (Å²) in [5.74, 6) is 0.878. The van der Waals surface area contributed by atoms with Crippen LogP contribution in [0.2, 0.25) is 5.02 Å². The molecule has 3 aromatic carbocycles. The van der Waals surface area contributed by atoms with Crippen molar-refractivity contribution in [3.8, 4) is 11.5 Å². The average Bonchev–Trinajstić information content (AvgIpc) is 3.07. The highest BCUT2D eigenvalue weighted by Gasteiger charge is 2.35. The normalized spacial score (nSPS) is 14.7. The predicted molar refractivity (Wildman–Crippen MR) is 136 cm³/mol. The van der Waals surface area contributed by atoms with Crippen LogP contribution < -0.4 is 9.47 Å². The minimum Gasteiger partial charge on any atom is -0.490 e. The average molecular weight is 494 g/mol. The quantitative estimate of drug-likeness (QED) is 0.321. The van der Waals surface area contributed by atoms with Gasteiger partial charge in [0.1, 0.15) is 6.61 Å². The van der Waals surface area contributed by atoms with Crippen LogP contribution in [0.5, 0.6) is 11.5 Å². The zero-order chi connectivity index (χ0) is 24.1. The standard InChI is InChI=1S/C27H24ClNO4S/c1-3-32-24-14-20(11-12-23(24)33-17-19-9-7-18(2)8-10-19)15-25-26(30)29(27(31)34-25)16-21-5-4-6-22(28)13-21/h4-15H,3,16-17H2,1-2H3/b25-15-. The summed E-state index contributed by atoms with van der Waals surface area (Å²) in [6.45, 7) is 5.02. The lowest BCUT2D eigenvalue weighted by molar-refractivity contribution is -0.123. The third-order valence-electron chi connectivity index (χ3n) is 5.18. The van der Waals surface area contributed by atoms with Crippen LogP contribution in [0, 0.1) is 6.92 Å². The minimum absolute atomic E-state index is 0.179. The number of carbonyl (C=O) groups excluding carboxylic acids is 2. The Morgan fingerprint density at radius 2 is 1.74 bits per heavy atom. The van der Waals surface area contributed by atoms with Gasteiger partial charge in [-0.2, -0.15) is 0 Å². The van der Waals surface area contributed by atoms with Gasteiger partial charge in [0.2, 0.25) is 0 Å². The topological polar surface area (TPSA) is 55.8 Å². The fourth-order valence-corrected chi connectivity index (χ4v) is 4.50. The van der Waals surface area contributed by atoms with Gasteiger partial charge in [0.25, 0.3) is 11.1 Å². The number of rotatable bonds is 8. The molecule has 0 aliphatic carbocycles. The van der Waals surface area contributed by atoms with Gasteiger partial charge in [-0.05, 0) is 72.6 Å². The number of hydrogen-bond donors (Lipinski definition) is 0. The molecule has 0 radical (unpaired) electrons. The van der Waals surface area contributed by atoms with Crippen molar-refractivity contribution in [1.29, 1.82) is 0 Å². The zero-order valence-electron chi connectivity index (χ0n) is 18.9. The molecule has 2 amide bonds. The molecule has 1 fully saturated rings. The number of aryl methyl sites for hydroxylation is 1. The van der Waals surface area contributed by atoms with Crippen LogP contribution in [0.1, 0.15) is 29.2 Å². The van der Waals surface area contributed by atoms with Crippen molar-refractivity contribution in [2.75, 3.05) is 6.61 Å². The van der Waals surface area contributed by atoms with E-state index < -0.39 is 0 Å². The molecule has 0 spiro atoms. The van der Waals surface area contributed by atoms with Crippen molar-refractivity contribution >= 4 is 40.6 Å². The van der Waals surface area contributed by atoms with E-state index in [0.717, 1.165) is 28.5 Å². The Morgan fingerprint density at radius 3 is 2.47 bits per heavy atom. The molecule has 3 aromatic rings. The van der Waals surface area contributed by atoms with Crippen LogP contribution in [0.25, 0.3) is 6.08 Å². The van der Waals surface area contributed by atoms with E-state index in [2.05, 4.69) is 0 Å². The van der Waals surface area contributed by atoms with Gasteiger partial charge in [-0.1, -0.05) is 59.6 Å². The van der Waals surface area contributed by atoms with Gasteiger partial charge in [-0.3, -0.25) is 14.5 Å². The third kappa shape index (κ3) is 5.82. The molecule has 1 aliphatic rings. The molecule has 1 heterocycles. The molecule has 174 valence electrons. The van der Waals surface area contributed by atoms with E-state index in [1.165, 1.54) is 10.5 Å². The Hall–Kier alpha value is -3.22. The van der Waals surface area contributed by atoms with Gasteiger partial charge in [-0.15, -0.1) is 0 Å². The third-order valence-corrected chi connectivity index (χ3v) is 6.33. The van der Waals surface area contributed by atoms with Gasteiger partial charge in [0, 0.05) is 5.02 Å². The second-order valence-corrected chi connectivity index (χ2v) is 9.24. The molecule has 1 saturated heterocycles. The molecule has 0 unspecified atom stereocenters. The summed E-state index contributed by atoms with van der Waals surface area (Å²) in [4.78, 5) is 27.0. The highest BCUT2D eigenvalue weighted by molar-refractivity contribution is 8.18. The Morgan fingerprint density at radius 1 is 0.941 bits per heavy atom. The van der Waals surface area contributed by atoms with E-state index in [9.17, 15) is 9.59 Å². The van der Waals surface area contributed by atoms with Gasteiger partial charge in [-0.25, -0.2) is 0 Å². The smallest absolute Gasteiger partial charge is 0.293 e. The summed E-state index contributed by atoms with van der Waals surface area (Å²) in [5.41, 5.74) is 3.80. The molecule has 0 N–H and O–H groups in total. The highest BCUT2D eigenvalue weighted by Crippen LogP contribution is 2.35. The summed E-state index contributed by atoms with van der Waals surface area (Å²) in [7, 11) is 0. The van der Waals surface area contributed by atoms with Gasteiger partial charge in [0.05, 0.1) is 18.1 Å². The SMILES string of the molecule is CCOc1cc(/C=C2\SC(=O)N(Cc3cccc(Cl)c3)C2=O)ccc1OCc1ccc(C)cc1. The van der Waals surface area contributed by atoms with Crippen LogP contribution in [0.15, 0.2) is 71.6 Å².